The minimum Gasteiger partial charge on any atom is -0.299 e. The number of nitrogens with zero attached hydrogens (tertiary/aromatic N) is 1. The molecule has 0 bridgehead atoms. The highest BCUT2D eigenvalue weighted by atomic mass is 35.5. The molecule has 0 heterocycles. The molecule has 0 spiro atoms. The number of halogens is 1. The zero-order valence-corrected chi connectivity index (χ0v) is 11.8. The third kappa shape index (κ3) is 4.89. The van der Waals surface area contributed by atoms with Crippen LogP contribution < -0.4 is 5.32 Å². The molecule has 1 fully saturated rings. The molecular weight excluding hydrogens is 264 g/mol. The molecular formula is C14H17ClN2S. The first-order valence-corrected chi connectivity index (χ1v) is 7.79. The van der Waals surface area contributed by atoms with Gasteiger partial charge in [0.2, 0.25) is 0 Å². The summed E-state index contributed by atoms with van der Waals surface area (Å²) < 4.78 is 0. The molecule has 0 aromatic heterocycles. The molecule has 2 nitrogen and oxygen atoms in total. The Morgan fingerprint density at radius 1 is 1.39 bits per heavy atom. The lowest BCUT2D eigenvalue weighted by Crippen LogP contribution is -2.29. The predicted molar refractivity (Wildman–Crippen MR) is 77.8 cm³/mol. The molecule has 1 aliphatic rings. The number of nitrogens with one attached hydrogen (secondary N) is 1. The van der Waals surface area contributed by atoms with E-state index < -0.39 is 0 Å². The number of hydrogen-bond acceptors (Lipinski definition) is 3. The molecule has 1 unspecified atom stereocenters. The third-order valence-electron chi connectivity index (χ3n) is 2.90. The maximum absolute atomic E-state index is 9.01. The van der Waals surface area contributed by atoms with E-state index in [1.165, 1.54) is 18.4 Å². The van der Waals surface area contributed by atoms with Gasteiger partial charge in [0.05, 0.1) is 12.1 Å². The van der Waals surface area contributed by atoms with Crippen LogP contribution in [0.4, 0.5) is 0 Å². The topological polar surface area (TPSA) is 35.8 Å². The summed E-state index contributed by atoms with van der Waals surface area (Å²) in [5.74, 6) is 2.00. The van der Waals surface area contributed by atoms with E-state index in [0.717, 1.165) is 22.9 Å². The number of thioether (sulfide) groups is 1. The molecule has 4 heteroatoms. The number of rotatable bonds is 7. The normalized spacial score (nSPS) is 16.2. The highest BCUT2D eigenvalue weighted by Crippen LogP contribution is 2.21. The second-order valence-corrected chi connectivity index (χ2v) is 6.13. The van der Waals surface area contributed by atoms with E-state index in [2.05, 4.69) is 23.5 Å². The van der Waals surface area contributed by atoms with Crippen LogP contribution in [0, 0.1) is 11.3 Å². The predicted octanol–water partition coefficient (Wildman–Crippen LogP) is 3.61. The Balaban J connectivity index is 1.62. The maximum Gasteiger partial charge on any atom is 0.0963 e. The fourth-order valence-electron chi connectivity index (χ4n) is 1.69. The van der Waals surface area contributed by atoms with E-state index in [-0.39, 0.29) is 6.04 Å². The highest BCUT2D eigenvalue weighted by molar-refractivity contribution is 7.98. The first-order chi connectivity index (χ1) is 8.78. The molecule has 1 aliphatic carbocycles. The molecule has 1 aromatic carbocycles. The van der Waals surface area contributed by atoms with E-state index in [9.17, 15) is 0 Å². The lowest BCUT2D eigenvalue weighted by Gasteiger charge is -2.10. The van der Waals surface area contributed by atoms with Crippen molar-refractivity contribution in [3.8, 4) is 6.07 Å². The van der Waals surface area contributed by atoms with Crippen LogP contribution in [-0.4, -0.2) is 17.8 Å². The zero-order valence-electron chi connectivity index (χ0n) is 10.2. The third-order valence-corrected chi connectivity index (χ3v) is 4.22. The monoisotopic (exact) mass is 280 g/mol. The average Bonchev–Trinajstić information content (AvgIpc) is 3.19. The molecule has 0 aliphatic heterocycles. The molecule has 1 saturated carbocycles. The first kappa shape index (κ1) is 13.7. The summed E-state index contributed by atoms with van der Waals surface area (Å²) in [6, 6.07) is 10.9. The standard InChI is InChI=1S/C14H17ClN2S/c15-12-3-1-11(2-4-12)10-18-8-7-14(9-16)17-13-5-6-13/h1-4,13-14,17H,5-8,10H2. The summed E-state index contributed by atoms with van der Waals surface area (Å²) in [5.41, 5.74) is 1.29. The summed E-state index contributed by atoms with van der Waals surface area (Å²) in [5, 5.41) is 13.1. The first-order valence-electron chi connectivity index (χ1n) is 6.26. The summed E-state index contributed by atoms with van der Waals surface area (Å²) in [6.07, 6.45) is 3.39. The van der Waals surface area contributed by atoms with Gasteiger partial charge in [-0.3, -0.25) is 5.32 Å². The molecule has 2 rings (SSSR count). The highest BCUT2D eigenvalue weighted by Gasteiger charge is 2.23. The Bertz CT molecular complexity index is 409. The fourth-order valence-corrected chi connectivity index (χ4v) is 2.79. The van der Waals surface area contributed by atoms with Crippen LogP contribution in [0.25, 0.3) is 0 Å². The Morgan fingerprint density at radius 3 is 2.72 bits per heavy atom. The molecule has 1 atom stereocenters. The van der Waals surface area contributed by atoms with Gasteiger partial charge in [0, 0.05) is 16.8 Å². The average molecular weight is 281 g/mol. The molecule has 1 N–H and O–H groups in total. The second-order valence-electron chi connectivity index (χ2n) is 4.59. The Hall–Kier alpha value is -0.690. The maximum atomic E-state index is 9.01. The van der Waals surface area contributed by atoms with E-state index in [1.807, 2.05) is 23.9 Å². The van der Waals surface area contributed by atoms with Crippen molar-refractivity contribution >= 4 is 23.4 Å². The number of benzene rings is 1. The number of hydrogen-bond donors (Lipinski definition) is 1. The summed E-state index contributed by atoms with van der Waals surface area (Å²) in [4.78, 5) is 0. The van der Waals surface area contributed by atoms with Gasteiger partial charge in [-0.2, -0.15) is 17.0 Å². The largest absolute Gasteiger partial charge is 0.299 e. The van der Waals surface area contributed by atoms with Crippen LogP contribution in [-0.2, 0) is 5.75 Å². The van der Waals surface area contributed by atoms with Crippen molar-refractivity contribution in [3.63, 3.8) is 0 Å². The van der Waals surface area contributed by atoms with Crippen LogP contribution >= 0.6 is 23.4 Å². The molecule has 0 radical (unpaired) electrons. The van der Waals surface area contributed by atoms with Gasteiger partial charge in [-0.1, -0.05) is 23.7 Å². The van der Waals surface area contributed by atoms with Gasteiger partial charge in [0.15, 0.2) is 0 Å². The fraction of sp³-hybridized carbons (Fsp3) is 0.500. The molecule has 96 valence electrons. The quantitative estimate of drug-likeness (QED) is 0.775. The van der Waals surface area contributed by atoms with Crippen molar-refractivity contribution in [2.75, 3.05) is 5.75 Å². The van der Waals surface area contributed by atoms with Crippen molar-refractivity contribution in [3.05, 3.63) is 34.9 Å². The zero-order chi connectivity index (χ0) is 12.8. The van der Waals surface area contributed by atoms with E-state index in [4.69, 9.17) is 16.9 Å². The minimum absolute atomic E-state index is 0.0233. The lowest BCUT2D eigenvalue weighted by molar-refractivity contribution is 0.587. The Kier molecular flexibility index (Phi) is 5.37. The summed E-state index contributed by atoms with van der Waals surface area (Å²) in [7, 11) is 0. The second kappa shape index (κ2) is 7.04. The lowest BCUT2D eigenvalue weighted by atomic mass is 10.2. The summed E-state index contributed by atoms with van der Waals surface area (Å²) >= 11 is 7.71. The van der Waals surface area contributed by atoms with Crippen molar-refractivity contribution < 1.29 is 0 Å². The van der Waals surface area contributed by atoms with Gasteiger partial charge in [0.1, 0.15) is 0 Å². The molecule has 18 heavy (non-hydrogen) atoms. The Labute approximate surface area is 118 Å². The smallest absolute Gasteiger partial charge is 0.0963 e. The van der Waals surface area contributed by atoms with Gasteiger partial charge in [0.25, 0.3) is 0 Å². The number of nitriles is 1. The van der Waals surface area contributed by atoms with E-state index >= 15 is 0 Å². The van der Waals surface area contributed by atoms with Crippen LogP contribution in [0.15, 0.2) is 24.3 Å². The van der Waals surface area contributed by atoms with Crippen molar-refractivity contribution in [2.45, 2.75) is 37.1 Å². The summed E-state index contributed by atoms with van der Waals surface area (Å²) in [6.45, 7) is 0. The van der Waals surface area contributed by atoms with Crippen LogP contribution in [0.3, 0.4) is 0 Å². The van der Waals surface area contributed by atoms with Gasteiger partial charge >= 0.3 is 0 Å². The molecule has 0 saturated heterocycles. The van der Waals surface area contributed by atoms with E-state index in [0.29, 0.717) is 6.04 Å². The van der Waals surface area contributed by atoms with Crippen LogP contribution in [0.5, 0.6) is 0 Å². The SMILES string of the molecule is N#CC(CCSCc1ccc(Cl)cc1)NC1CC1. The van der Waals surface area contributed by atoms with Crippen LogP contribution in [0.2, 0.25) is 5.02 Å². The Morgan fingerprint density at radius 2 is 2.11 bits per heavy atom. The van der Waals surface area contributed by atoms with Crippen molar-refractivity contribution in [1.82, 2.24) is 5.32 Å². The van der Waals surface area contributed by atoms with Crippen molar-refractivity contribution in [1.29, 1.82) is 5.26 Å². The van der Waals surface area contributed by atoms with Gasteiger partial charge < -0.3 is 0 Å². The van der Waals surface area contributed by atoms with Gasteiger partial charge in [-0.05, 0) is 42.7 Å². The minimum atomic E-state index is 0.0233. The van der Waals surface area contributed by atoms with Crippen molar-refractivity contribution in [2.24, 2.45) is 0 Å². The van der Waals surface area contributed by atoms with Gasteiger partial charge in [-0.25, -0.2) is 0 Å². The van der Waals surface area contributed by atoms with E-state index in [1.54, 1.807) is 0 Å². The van der Waals surface area contributed by atoms with Gasteiger partial charge in [-0.15, -0.1) is 0 Å². The molecule has 0 amide bonds. The van der Waals surface area contributed by atoms with Crippen LogP contribution in [0.1, 0.15) is 24.8 Å². The molecule has 1 aromatic rings.